The van der Waals surface area contributed by atoms with Crippen LogP contribution in [0.4, 0.5) is 5.69 Å². The number of hydrogen-bond acceptors (Lipinski definition) is 5. The van der Waals surface area contributed by atoms with Gasteiger partial charge in [0, 0.05) is 25.6 Å². The van der Waals surface area contributed by atoms with E-state index in [1.165, 1.54) is 24.1 Å². The van der Waals surface area contributed by atoms with Crippen molar-refractivity contribution in [2.24, 2.45) is 0 Å². The first-order chi connectivity index (χ1) is 21.6. The lowest BCUT2D eigenvalue weighted by Gasteiger charge is -2.34. The first-order valence-electron chi connectivity index (χ1n) is 15.0. The third-order valence-electron chi connectivity index (χ3n) is 7.52. The molecule has 0 aliphatic rings. The molecule has 0 unspecified atom stereocenters. The van der Waals surface area contributed by atoms with Gasteiger partial charge in [-0.3, -0.25) is 13.9 Å². The third kappa shape index (κ3) is 8.73. The van der Waals surface area contributed by atoms with E-state index in [1.807, 2.05) is 75.4 Å². The van der Waals surface area contributed by atoms with E-state index in [0.717, 1.165) is 33.0 Å². The van der Waals surface area contributed by atoms with Gasteiger partial charge < -0.3 is 15.0 Å². The summed E-state index contributed by atoms with van der Waals surface area (Å²) in [6.07, 6.45) is 0.992. The van der Waals surface area contributed by atoms with Crippen LogP contribution in [0.2, 0.25) is 0 Å². The minimum atomic E-state index is -4.19. The summed E-state index contributed by atoms with van der Waals surface area (Å²) in [7, 11) is -2.70. The number of anilines is 1. The largest absolute Gasteiger partial charge is 0.497 e. The molecule has 0 fully saturated rings. The Kier molecular flexibility index (Phi) is 11.4. The number of rotatable bonds is 14. The van der Waals surface area contributed by atoms with E-state index in [1.54, 1.807) is 36.4 Å². The van der Waals surface area contributed by atoms with E-state index in [0.29, 0.717) is 12.3 Å². The minimum absolute atomic E-state index is 0.0512. The maximum Gasteiger partial charge on any atom is 0.264 e. The van der Waals surface area contributed by atoms with Gasteiger partial charge in [-0.1, -0.05) is 90.8 Å². The second kappa shape index (κ2) is 15.4. The van der Waals surface area contributed by atoms with Crippen molar-refractivity contribution in [1.29, 1.82) is 0 Å². The molecule has 1 N–H and O–H groups in total. The summed E-state index contributed by atoms with van der Waals surface area (Å²) in [4.78, 5) is 29.8. The summed E-state index contributed by atoms with van der Waals surface area (Å²) in [5, 5.41) is 2.96. The number of carbonyl (C=O) groups is 2. The predicted molar refractivity (Wildman–Crippen MR) is 178 cm³/mol. The van der Waals surface area contributed by atoms with Crippen LogP contribution >= 0.6 is 0 Å². The Hall–Kier alpha value is -4.63. The van der Waals surface area contributed by atoms with E-state index in [-0.39, 0.29) is 29.5 Å². The molecule has 0 bridgehead atoms. The Balaban J connectivity index is 1.80. The Morgan fingerprint density at radius 3 is 2.09 bits per heavy atom. The van der Waals surface area contributed by atoms with Gasteiger partial charge in [0.1, 0.15) is 18.3 Å². The number of nitrogens with zero attached hydrogens (tertiary/aromatic N) is 2. The standard InChI is InChI=1S/C36H41N3O5S/c1-5-22-37-36(41)34(23-29-10-7-6-8-11-29)38(25-30-18-14-27(2)15-19-30)35(40)26-39(31-12-9-13-32(24-31)44-4)45(42,43)33-20-16-28(3)17-21-33/h6-21,24,34H,5,22-23,25-26H2,1-4H3,(H,37,41)/t34-/m0/s1. The summed E-state index contributed by atoms with van der Waals surface area (Å²) in [6.45, 7) is 5.86. The second-order valence-electron chi connectivity index (χ2n) is 11.0. The molecule has 0 radical (unpaired) electrons. The van der Waals surface area contributed by atoms with E-state index < -0.39 is 28.5 Å². The fourth-order valence-corrected chi connectivity index (χ4v) is 6.35. The van der Waals surface area contributed by atoms with E-state index in [2.05, 4.69) is 5.32 Å². The minimum Gasteiger partial charge on any atom is -0.497 e. The van der Waals surface area contributed by atoms with E-state index >= 15 is 0 Å². The van der Waals surface area contributed by atoms with Crippen LogP contribution in [0.3, 0.4) is 0 Å². The maximum absolute atomic E-state index is 14.5. The van der Waals surface area contributed by atoms with Crippen LogP contribution in [0.25, 0.3) is 0 Å². The zero-order valence-corrected chi connectivity index (χ0v) is 27.1. The van der Waals surface area contributed by atoms with Gasteiger partial charge in [-0.2, -0.15) is 0 Å². The van der Waals surface area contributed by atoms with Crippen LogP contribution < -0.4 is 14.4 Å². The van der Waals surface area contributed by atoms with Crippen molar-refractivity contribution in [3.8, 4) is 5.75 Å². The van der Waals surface area contributed by atoms with Crippen molar-refractivity contribution >= 4 is 27.5 Å². The van der Waals surface area contributed by atoms with E-state index in [9.17, 15) is 18.0 Å². The number of amides is 2. The summed E-state index contributed by atoms with van der Waals surface area (Å²) < 4.78 is 34.8. The molecular formula is C36H41N3O5S. The molecule has 8 nitrogen and oxygen atoms in total. The summed E-state index contributed by atoms with van der Waals surface area (Å²) in [5.74, 6) is -0.362. The number of ether oxygens (including phenoxy) is 1. The zero-order chi connectivity index (χ0) is 32.4. The lowest BCUT2D eigenvalue weighted by Crippen LogP contribution is -2.53. The van der Waals surface area contributed by atoms with Crippen LogP contribution in [0.15, 0.2) is 108 Å². The van der Waals surface area contributed by atoms with Gasteiger partial charge in [0.2, 0.25) is 11.8 Å². The van der Waals surface area contributed by atoms with Crippen LogP contribution in [0.1, 0.15) is 35.6 Å². The number of aryl methyl sites for hydroxylation is 2. The quantitative estimate of drug-likeness (QED) is 0.194. The number of nitrogens with one attached hydrogen (secondary N) is 1. The Morgan fingerprint density at radius 1 is 0.822 bits per heavy atom. The van der Waals surface area contributed by atoms with Gasteiger partial charge in [-0.15, -0.1) is 0 Å². The van der Waals surface area contributed by atoms with Crippen molar-refractivity contribution in [1.82, 2.24) is 10.2 Å². The molecule has 9 heteroatoms. The molecule has 0 aliphatic carbocycles. The van der Waals surface area contributed by atoms with Gasteiger partial charge in [0.15, 0.2) is 0 Å². The summed E-state index contributed by atoms with van der Waals surface area (Å²) >= 11 is 0. The monoisotopic (exact) mass is 627 g/mol. The molecule has 0 aromatic heterocycles. The van der Waals surface area contributed by atoms with Crippen molar-refractivity contribution < 1.29 is 22.7 Å². The number of benzene rings is 4. The molecular weight excluding hydrogens is 586 g/mol. The van der Waals surface area contributed by atoms with Crippen LogP contribution in [0.5, 0.6) is 5.75 Å². The molecule has 45 heavy (non-hydrogen) atoms. The van der Waals surface area contributed by atoms with Crippen molar-refractivity contribution in [3.05, 3.63) is 125 Å². The molecule has 4 rings (SSSR count). The topological polar surface area (TPSA) is 96.0 Å². The van der Waals surface area contributed by atoms with Gasteiger partial charge >= 0.3 is 0 Å². The molecule has 236 valence electrons. The molecule has 0 spiro atoms. The average Bonchev–Trinajstić information content (AvgIpc) is 3.05. The predicted octanol–water partition coefficient (Wildman–Crippen LogP) is 5.67. The fourth-order valence-electron chi connectivity index (χ4n) is 4.94. The molecule has 0 aliphatic heterocycles. The molecule has 2 amide bonds. The smallest absolute Gasteiger partial charge is 0.264 e. The average molecular weight is 628 g/mol. The maximum atomic E-state index is 14.5. The number of sulfonamides is 1. The molecule has 0 saturated heterocycles. The highest BCUT2D eigenvalue weighted by molar-refractivity contribution is 7.92. The number of carbonyl (C=O) groups excluding carboxylic acids is 2. The Bertz CT molecular complexity index is 1670. The third-order valence-corrected chi connectivity index (χ3v) is 9.31. The molecule has 0 saturated carbocycles. The number of methoxy groups -OCH3 is 1. The number of hydrogen-bond donors (Lipinski definition) is 1. The normalized spacial score (nSPS) is 11.8. The fraction of sp³-hybridized carbons (Fsp3) is 0.278. The van der Waals surface area contributed by atoms with E-state index in [4.69, 9.17) is 4.74 Å². The SMILES string of the molecule is CCCNC(=O)[C@H](Cc1ccccc1)N(Cc1ccc(C)cc1)C(=O)CN(c1cccc(OC)c1)S(=O)(=O)c1ccc(C)cc1. The van der Waals surface area contributed by atoms with Crippen LogP contribution in [-0.2, 0) is 32.6 Å². The highest BCUT2D eigenvalue weighted by atomic mass is 32.2. The van der Waals surface area contributed by atoms with Crippen molar-refractivity contribution in [3.63, 3.8) is 0 Å². The first kappa shape index (κ1) is 33.3. The highest BCUT2D eigenvalue weighted by Crippen LogP contribution is 2.28. The zero-order valence-electron chi connectivity index (χ0n) is 26.3. The second-order valence-corrected chi connectivity index (χ2v) is 12.9. The lowest BCUT2D eigenvalue weighted by atomic mass is 10.0. The van der Waals surface area contributed by atoms with Crippen LogP contribution in [0, 0.1) is 13.8 Å². The first-order valence-corrected chi connectivity index (χ1v) is 16.5. The highest BCUT2D eigenvalue weighted by Gasteiger charge is 2.34. The molecule has 0 heterocycles. The van der Waals surface area contributed by atoms with Gasteiger partial charge in [0.25, 0.3) is 10.0 Å². The van der Waals surface area contributed by atoms with Crippen LogP contribution in [-0.4, -0.2) is 51.4 Å². The van der Waals surface area contributed by atoms with Gasteiger partial charge in [-0.25, -0.2) is 8.42 Å². The molecule has 1 atom stereocenters. The summed E-state index contributed by atoms with van der Waals surface area (Å²) in [6, 6.07) is 29.4. The summed E-state index contributed by atoms with van der Waals surface area (Å²) in [5.41, 5.74) is 3.95. The van der Waals surface area contributed by atoms with Gasteiger partial charge in [-0.05, 0) is 55.7 Å². The lowest BCUT2D eigenvalue weighted by molar-refractivity contribution is -0.140. The Morgan fingerprint density at radius 2 is 1.47 bits per heavy atom. The molecule has 4 aromatic rings. The van der Waals surface area contributed by atoms with Gasteiger partial charge in [0.05, 0.1) is 17.7 Å². The Labute approximate surface area is 266 Å². The van der Waals surface area contributed by atoms with Crippen molar-refractivity contribution in [2.75, 3.05) is 24.5 Å². The van der Waals surface area contributed by atoms with Crippen molar-refractivity contribution in [2.45, 2.75) is 51.1 Å². The molecule has 4 aromatic carbocycles.